The number of piperidine rings is 1. The fourth-order valence-electron chi connectivity index (χ4n) is 4.18. The molecule has 1 fully saturated rings. The zero-order valence-electron chi connectivity index (χ0n) is 16.6. The van der Waals surface area contributed by atoms with E-state index in [-0.39, 0.29) is 5.75 Å². The van der Waals surface area contributed by atoms with Gasteiger partial charge in [-0.25, -0.2) is 22.7 Å². The quantitative estimate of drug-likeness (QED) is 0.641. The number of nitrogens with zero attached hydrogens (tertiary/aromatic N) is 6. The summed E-state index contributed by atoms with van der Waals surface area (Å²) in [6, 6.07) is 6.31. The molecule has 4 rings (SSSR count). The molecule has 1 aliphatic rings. The molecule has 3 aromatic rings. The molecule has 0 bridgehead atoms. The second-order valence-electron chi connectivity index (χ2n) is 7.55. The zero-order chi connectivity index (χ0) is 20.6. The maximum Gasteiger partial charge on any atom is 0.213 e. The van der Waals surface area contributed by atoms with Crippen molar-refractivity contribution in [2.45, 2.75) is 31.7 Å². The van der Waals surface area contributed by atoms with Gasteiger partial charge in [-0.3, -0.25) is 0 Å². The van der Waals surface area contributed by atoms with Gasteiger partial charge in [-0.2, -0.15) is 5.26 Å². The third kappa shape index (κ3) is 3.32. The smallest absolute Gasteiger partial charge is 0.213 e. The molecular formula is C20H24N6O2S. The van der Waals surface area contributed by atoms with Gasteiger partial charge in [-0.05, 0) is 31.9 Å². The van der Waals surface area contributed by atoms with Crippen LogP contribution in [0.15, 0.2) is 37.1 Å². The average Bonchev–Trinajstić information content (AvgIpc) is 3.36. The van der Waals surface area contributed by atoms with Crippen LogP contribution < -0.4 is 0 Å². The normalized spacial score (nSPS) is 17.4. The summed E-state index contributed by atoms with van der Waals surface area (Å²) in [4.78, 5) is 8.83. The lowest BCUT2D eigenvalue weighted by atomic mass is 9.85. The van der Waals surface area contributed by atoms with Gasteiger partial charge in [0.25, 0.3) is 0 Å². The molecule has 3 aromatic heterocycles. The van der Waals surface area contributed by atoms with Crippen molar-refractivity contribution in [1.82, 2.24) is 23.4 Å². The predicted molar refractivity (Wildman–Crippen MR) is 110 cm³/mol. The highest BCUT2D eigenvalue weighted by molar-refractivity contribution is 7.89. The van der Waals surface area contributed by atoms with Crippen molar-refractivity contribution >= 4 is 21.1 Å². The molecule has 8 nitrogen and oxygen atoms in total. The van der Waals surface area contributed by atoms with E-state index in [1.54, 1.807) is 17.6 Å². The zero-order valence-corrected chi connectivity index (χ0v) is 17.4. The van der Waals surface area contributed by atoms with Gasteiger partial charge in [0.05, 0.1) is 29.5 Å². The van der Waals surface area contributed by atoms with Gasteiger partial charge < -0.3 is 9.13 Å². The van der Waals surface area contributed by atoms with Crippen LogP contribution in [0, 0.1) is 11.3 Å². The highest BCUT2D eigenvalue weighted by Gasteiger charge is 2.38. The van der Waals surface area contributed by atoms with Crippen LogP contribution in [0.2, 0.25) is 0 Å². The summed E-state index contributed by atoms with van der Waals surface area (Å²) in [5.41, 5.74) is 2.28. The summed E-state index contributed by atoms with van der Waals surface area (Å²) < 4.78 is 30.0. The molecule has 0 saturated carbocycles. The van der Waals surface area contributed by atoms with Gasteiger partial charge in [0, 0.05) is 49.7 Å². The van der Waals surface area contributed by atoms with Crippen molar-refractivity contribution < 1.29 is 8.42 Å². The molecule has 1 saturated heterocycles. The number of aromatic nitrogens is 4. The van der Waals surface area contributed by atoms with Crippen LogP contribution in [-0.2, 0) is 22.6 Å². The standard InChI is InChI=1S/C20H24N6O2S/c1-3-29(27,28)26-12-7-20(6-9-21,8-13-26)25-11-4-16(14-25)18-17-5-10-24(2)19(17)23-15-22-18/h4-5,10-11,14-15H,3,6-8,12-13H2,1-2H3. The van der Waals surface area contributed by atoms with Crippen molar-refractivity contribution in [2.24, 2.45) is 7.05 Å². The first-order valence-corrected chi connectivity index (χ1v) is 11.3. The summed E-state index contributed by atoms with van der Waals surface area (Å²) in [6.45, 7) is 2.53. The van der Waals surface area contributed by atoms with Gasteiger partial charge >= 0.3 is 0 Å². The van der Waals surface area contributed by atoms with Crippen molar-refractivity contribution in [1.29, 1.82) is 5.26 Å². The molecule has 4 heterocycles. The monoisotopic (exact) mass is 412 g/mol. The predicted octanol–water partition coefficient (Wildman–Crippen LogP) is 2.49. The molecule has 0 unspecified atom stereocenters. The Morgan fingerprint density at radius 2 is 1.97 bits per heavy atom. The third-order valence-corrected chi connectivity index (χ3v) is 7.88. The molecular weight excluding hydrogens is 388 g/mol. The lowest BCUT2D eigenvalue weighted by Crippen LogP contribution is -2.48. The highest BCUT2D eigenvalue weighted by Crippen LogP contribution is 2.36. The number of hydrogen-bond donors (Lipinski definition) is 0. The van der Waals surface area contributed by atoms with E-state index < -0.39 is 15.6 Å². The summed E-state index contributed by atoms with van der Waals surface area (Å²) in [5, 5.41) is 10.4. The van der Waals surface area contributed by atoms with Crippen LogP contribution in [0.3, 0.4) is 0 Å². The Labute approximate surface area is 170 Å². The van der Waals surface area contributed by atoms with Crippen LogP contribution in [0.5, 0.6) is 0 Å². The summed E-state index contributed by atoms with van der Waals surface area (Å²) >= 11 is 0. The van der Waals surface area contributed by atoms with E-state index in [1.807, 2.05) is 42.3 Å². The molecule has 152 valence electrons. The fourth-order valence-corrected chi connectivity index (χ4v) is 5.28. The number of hydrogen-bond acceptors (Lipinski definition) is 5. The van der Waals surface area contributed by atoms with Gasteiger partial charge in [0.15, 0.2) is 0 Å². The van der Waals surface area contributed by atoms with E-state index in [0.29, 0.717) is 32.4 Å². The minimum absolute atomic E-state index is 0.104. The Balaban J connectivity index is 1.67. The van der Waals surface area contributed by atoms with Gasteiger partial charge in [-0.15, -0.1) is 0 Å². The molecule has 0 aromatic carbocycles. The Morgan fingerprint density at radius 1 is 1.21 bits per heavy atom. The number of sulfonamides is 1. The minimum atomic E-state index is -3.21. The van der Waals surface area contributed by atoms with Crippen LogP contribution in [0.1, 0.15) is 26.2 Å². The molecule has 0 amide bonds. The van der Waals surface area contributed by atoms with E-state index in [9.17, 15) is 13.7 Å². The van der Waals surface area contributed by atoms with E-state index in [2.05, 4.69) is 20.6 Å². The van der Waals surface area contributed by atoms with Crippen LogP contribution in [0.4, 0.5) is 0 Å². The Kier molecular flexibility index (Phi) is 4.92. The van der Waals surface area contributed by atoms with Gasteiger partial charge in [0.2, 0.25) is 10.0 Å². The van der Waals surface area contributed by atoms with Crippen molar-refractivity contribution in [3.8, 4) is 17.3 Å². The largest absolute Gasteiger partial charge is 0.346 e. The molecule has 0 spiro atoms. The van der Waals surface area contributed by atoms with E-state index in [1.165, 1.54) is 0 Å². The summed E-state index contributed by atoms with van der Waals surface area (Å²) in [6.07, 6.45) is 9.08. The number of nitriles is 1. The van der Waals surface area contributed by atoms with E-state index in [0.717, 1.165) is 22.3 Å². The van der Waals surface area contributed by atoms with Gasteiger partial charge in [0.1, 0.15) is 12.0 Å². The Hall–Kier alpha value is -2.70. The maximum absolute atomic E-state index is 12.2. The maximum atomic E-state index is 12.2. The minimum Gasteiger partial charge on any atom is -0.346 e. The first-order valence-electron chi connectivity index (χ1n) is 9.70. The van der Waals surface area contributed by atoms with Crippen LogP contribution >= 0.6 is 0 Å². The van der Waals surface area contributed by atoms with Crippen molar-refractivity contribution in [3.05, 3.63) is 37.1 Å². The highest BCUT2D eigenvalue weighted by atomic mass is 32.2. The first-order chi connectivity index (χ1) is 13.9. The summed E-state index contributed by atoms with van der Waals surface area (Å²) in [7, 11) is -1.26. The summed E-state index contributed by atoms with van der Waals surface area (Å²) in [5.74, 6) is 0.104. The molecule has 0 atom stereocenters. The van der Waals surface area contributed by atoms with Gasteiger partial charge in [-0.1, -0.05) is 0 Å². The second-order valence-corrected chi connectivity index (χ2v) is 9.81. The SMILES string of the molecule is CCS(=O)(=O)N1CCC(CC#N)(n2ccc(-c3ncnc4c3ccn4C)c2)CC1. The first kappa shape index (κ1) is 19.6. The lowest BCUT2D eigenvalue weighted by molar-refractivity contribution is 0.163. The molecule has 1 aliphatic heterocycles. The van der Waals surface area contributed by atoms with Crippen LogP contribution in [-0.4, -0.2) is 50.7 Å². The molecule has 0 N–H and O–H groups in total. The van der Waals surface area contributed by atoms with E-state index >= 15 is 0 Å². The topological polar surface area (TPSA) is 96.8 Å². The number of rotatable bonds is 5. The van der Waals surface area contributed by atoms with Crippen LogP contribution in [0.25, 0.3) is 22.3 Å². The molecule has 0 radical (unpaired) electrons. The number of aryl methyl sites for hydroxylation is 1. The lowest BCUT2D eigenvalue weighted by Gasteiger charge is -2.41. The van der Waals surface area contributed by atoms with Crippen molar-refractivity contribution in [3.63, 3.8) is 0 Å². The van der Waals surface area contributed by atoms with Crippen molar-refractivity contribution in [2.75, 3.05) is 18.8 Å². The number of fused-ring (bicyclic) bond motifs is 1. The molecule has 0 aliphatic carbocycles. The van der Waals surface area contributed by atoms with E-state index in [4.69, 9.17) is 0 Å². The average molecular weight is 413 g/mol. The molecule has 9 heteroatoms. The Morgan fingerprint density at radius 3 is 2.66 bits per heavy atom. The Bertz CT molecular complexity index is 1180. The third-order valence-electron chi connectivity index (χ3n) is 6.00. The second kappa shape index (κ2) is 7.28. The molecule has 29 heavy (non-hydrogen) atoms. The fraction of sp³-hybridized carbons (Fsp3) is 0.450.